The van der Waals surface area contributed by atoms with E-state index >= 15 is 0 Å². The Hall–Kier alpha value is -2.21. The molecule has 0 spiro atoms. The molecule has 0 saturated heterocycles. The number of aromatic nitrogens is 1. The highest BCUT2D eigenvalue weighted by Crippen LogP contribution is 2.28. The van der Waals surface area contributed by atoms with Crippen molar-refractivity contribution in [3.8, 4) is 11.1 Å². The van der Waals surface area contributed by atoms with E-state index in [-0.39, 0.29) is 18.3 Å². The van der Waals surface area contributed by atoms with Crippen LogP contribution in [0.2, 0.25) is 0 Å². The minimum atomic E-state index is -0.112. The van der Waals surface area contributed by atoms with Crippen molar-refractivity contribution in [3.63, 3.8) is 0 Å². The Morgan fingerprint density at radius 1 is 1.08 bits per heavy atom. The van der Waals surface area contributed by atoms with E-state index in [1.54, 1.807) is 11.3 Å². The number of hydrogen-bond acceptors (Lipinski definition) is 4. The molecule has 26 heavy (non-hydrogen) atoms. The molecular weight excluding hydrogens is 366 g/mol. The number of nitrogens with one attached hydrogen (secondary N) is 1. The Kier molecular flexibility index (Phi) is 5.71. The van der Waals surface area contributed by atoms with Gasteiger partial charge in [-0.15, -0.1) is 23.7 Å². The molecule has 0 atom stereocenters. The summed E-state index contributed by atoms with van der Waals surface area (Å²) in [4.78, 5) is 20.6. The van der Waals surface area contributed by atoms with Crippen LogP contribution in [0.25, 0.3) is 11.1 Å². The van der Waals surface area contributed by atoms with Crippen LogP contribution in [0.5, 0.6) is 0 Å². The third kappa shape index (κ3) is 3.96. The number of halogens is 1. The van der Waals surface area contributed by atoms with Crippen LogP contribution in [0, 0.1) is 0 Å². The second-order valence-electron chi connectivity index (χ2n) is 6.27. The first-order chi connectivity index (χ1) is 12.2. The Labute approximate surface area is 163 Å². The van der Waals surface area contributed by atoms with E-state index in [2.05, 4.69) is 34.4 Å². The number of benzene rings is 2. The van der Waals surface area contributed by atoms with Gasteiger partial charge in [-0.25, -0.2) is 4.98 Å². The number of amides is 1. The minimum absolute atomic E-state index is 0. The van der Waals surface area contributed by atoms with Gasteiger partial charge in [0, 0.05) is 30.0 Å². The molecular formula is C20H20ClN3OS. The third-order valence-corrected chi connectivity index (χ3v) is 5.39. The Bertz CT molecular complexity index is 893. The van der Waals surface area contributed by atoms with Crippen LogP contribution in [0.3, 0.4) is 0 Å². The van der Waals surface area contributed by atoms with Gasteiger partial charge in [0.2, 0.25) is 0 Å². The van der Waals surface area contributed by atoms with E-state index in [1.807, 2.05) is 42.5 Å². The van der Waals surface area contributed by atoms with Crippen LogP contribution in [0.1, 0.15) is 20.9 Å². The molecule has 0 radical (unpaired) electrons. The summed E-state index contributed by atoms with van der Waals surface area (Å²) in [5.74, 6) is -0.112. The van der Waals surface area contributed by atoms with Crippen LogP contribution in [0.15, 0.2) is 54.6 Å². The molecule has 1 aliphatic rings. The van der Waals surface area contributed by atoms with Gasteiger partial charge in [-0.1, -0.05) is 42.5 Å². The highest BCUT2D eigenvalue weighted by atomic mass is 35.5. The molecule has 3 aromatic rings. The normalized spacial score (nSPS) is 13.6. The van der Waals surface area contributed by atoms with Crippen molar-refractivity contribution in [2.24, 2.45) is 0 Å². The molecule has 4 rings (SSSR count). The van der Waals surface area contributed by atoms with E-state index in [9.17, 15) is 4.79 Å². The average Bonchev–Trinajstić information content (AvgIpc) is 3.04. The van der Waals surface area contributed by atoms with Crippen molar-refractivity contribution in [1.29, 1.82) is 0 Å². The summed E-state index contributed by atoms with van der Waals surface area (Å²) in [6.45, 7) is 1.93. The quantitative estimate of drug-likeness (QED) is 0.723. The smallest absolute Gasteiger partial charge is 0.257 e. The summed E-state index contributed by atoms with van der Waals surface area (Å²) in [7, 11) is 2.11. The first-order valence-electron chi connectivity index (χ1n) is 8.33. The van der Waals surface area contributed by atoms with E-state index in [0.717, 1.165) is 36.3 Å². The molecule has 0 fully saturated rings. The summed E-state index contributed by atoms with van der Waals surface area (Å²) >= 11 is 1.58. The largest absolute Gasteiger partial charge is 0.301 e. The highest BCUT2D eigenvalue weighted by molar-refractivity contribution is 7.15. The number of carbonyl (C=O) groups excluding carboxylic acids is 1. The van der Waals surface area contributed by atoms with Gasteiger partial charge in [0.15, 0.2) is 5.13 Å². The molecule has 1 aromatic heterocycles. The zero-order valence-corrected chi connectivity index (χ0v) is 16.1. The zero-order chi connectivity index (χ0) is 17.2. The van der Waals surface area contributed by atoms with Crippen molar-refractivity contribution in [3.05, 3.63) is 70.7 Å². The molecule has 0 saturated carbocycles. The van der Waals surface area contributed by atoms with Crippen molar-refractivity contribution in [1.82, 2.24) is 9.88 Å². The Morgan fingerprint density at radius 3 is 2.50 bits per heavy atom. The van der Waals surface area contributed by atoms with Crippen molar-refractivity contribution in [2.75, 3.05) is 18.9 Å². The molecule has 2 aromatic carbocycles. The Balaban J connectivity index is 0.00000196. The number of rotatable bonds is 3. The summed E-state index contributed by atoms with van der Waals surface area (Å²) in [6.07, 6.45) is 0.948. The fourth-order valence-electron chi connectivity index (χ4n) is 2.99. The zero-order valence-electron chi connectivity index (χ0n) is 14.4. The molecule has 0 bridgehead atoms. The molecule has 0 unspecified atom stereocenters. The summed E-state index contributed by atoms with van der Waals surface area (Å²) in [5.41, 5.74) is 4.01. The SMILES string of the molecule is CN1CCc2nc(NC(=O)c3ccc(-c4ccccc4)cc3)sc2C1.Cl. The lowest BCUT2D eigenvalue weighted by Crippen LogP contribution is -2.25. The van der Waals surface area contributed by atoms with E-state index in [1.165, 1.54) is 4.88 Å². The molecule has 134 valence electrons. The highest BCUT2D eigenvalue weighted by Gasteiger charge is 2.19. The van der Waals surface area contributed by atoms with E-state index < -0.39 is 0 Å². The number of fused-ring (bicyclic) bond motifs is 1. The van der Waals surface area contributed by atoms with Crippen LogP contribution < -0.4 is 5.32 Å². The topological polar surface area (TPSA) is 45.2 Å². The number of thiazole rings is 1. The summed E-state index contributed by atoms with van der Waals surface area (Å²) < 4.78 is 0. The summed E-state index contributed by atoms with van der Waals surface area (Å²) in [6, 6.07) is 17.8. The number of nitrogens with zero attached hydrogens (tertiary/aromatic N) is 2. The Morgan fingerprint density at radius 2 is 1.77 bits per heavy atom. The lowest BCUT2D eigenvalue weighted by molar-refractivity contribution is 0.102. The number of likely N-dealkylation sites (N-methyl/N-ethyl adjacent to an activating group) is 1. The van der Waals surface area contributed by atoms with Crippen LogP contribution in [-0.4, -0.2) is 29.4 Å². The fraction of sp³-hybridized carbons (Fsp3) is 0.200. The standard InChI is InChI=1S/C20H19N3OS.ClH/c1-23-12-11-17-18(13-23)25-20(21-17)22-19(24)16-9-7-15(8-10-16)14-5-3-2-4-6-14;/h2-10H,11-13H2,1H3,(H,21,22,24);1H. The lowest BCUT2D eigenvalue weighted by atomic mass is 10.0. The molecule has 1 N–H and O–H groups in total. The van der Waals surface area contributed by atoms with Gasteiger partial charge in [-0.05, 0) is 30.3 Å². The van der Waals surface area contributed by atoms with Crippen molar-refractivity contribution >= 4 is 34.8 Å². The maximum absolute atomic E-state index is 12.5. The first-order valence-corrected chi connectivity index (χ1v) is 9.14. The molecule has 1 aliphatic heterocycles. The second kappa shape index (κ2) is 7.99. The third-order valence-electron chi connectivity index (χ3n) is 4.40. The summed E-state index contributed by atoms with van der Waals surface area (Å²) in [5, 5.41) is 3.63. The van der Waals surface area contributed by atoms with Crippen LogP contribution in [-0.2, 0) is 13.0 Å². The van der Waals surface area contributed by atoms with Gasteiger partial charge in [-0.2, -0.15) is 0 Å². The molecule has 1 amide bonds. The fourth-order valence-corrected chi connectivity index (χ4v) is 4.07. The van der Waals surface area contributed by atoms with Crippen molar-refractivity contribution in [2.45, 2.75) is 13.0 Å². The van der Waals surface area contributed by atoms with Gasteiger partial charge in [0.05, 0.1) is 5.69 Å². The van der Waals surface area contributed by atoms with E-state index in [4.69, 9.17) is 0 Å². The maximum Gasteiger partial charge on any atom is 0.257 e. The molecule has 2 heterocycles. The predicted molar refractivity (Wildman–Crippen MR) is 109 cm³/mol. The first kappa shape index (κ1) is 18.6. The predicted octanol–water partition coefficient (Wildman–Crippen LogP) is 4.47. The van der Waals surface area contributed by atoms with Crippen LogP contribution >= 0.6 is 23.7 Å². The number of carbonyl (C=O) groups is 1. The monoisotopic (exact) mass is 385 g/mol. The minimum Gasteiger partial charge on any atom is -0.301 e. The molecule has 6 heteroatoms. The molecule has 0 aliphatic carbocycles. The van der Waals surface area contributed by atoms with Gasteiger partial charge >= 0.3 is 0 Å². The number of anilines is 1. The van der Waals surface area contributed by atoms with Gasteiger partial charge < -0.3 is 4.90 Å². The van der Waals surface area contributed by atoms with Gasteiger partial charge in [0.25, 0.3) is 5.91 Å². The van der Waals surface area contributed by atoms with E-state index in [0.29, 0.717) is 10.7 Å². The van der Waals surface area contributed by atoms with Gasteiger partial charge in [0.1, 0.15) is 0 Å². The number of hydrogen-bond donors (Lipinski definition) is 1. The maximum atomic E-state index is 12.5. The van der Waals surface area contributed by atoms with Crippen molar-refractivity contribution < 1.29 is 4.79 Å². The average molecular weight is 386 g/mol. The lowest BCUT2D eigenvalue weighted by Gasteiger charge is -2.20. The van der Waals surface area contributed by atoms with Crippen LogP contribution in [0.4, 0.5) is 5.13 Å². The van der Waals surface area contributed by atoms with Gasteiger partial charge in [-0.3, -0.25) is 10.1 Å². The second-order valence-corrected chi connectivity index (χ2v) is 7.36. The molecule has 4 nitrogen and oxygen atoms in total.